The Balaban J connectivity index is 1.40. The van der Waals surface area contributed by atoms with E-state index in [2.05, 4.69) is 10.6 Å². The van der Waals surface area contributed by atoms with Gasteiger partial charge in [-0.25, -0.2) is 4.79 Å². The lowest BCUT2D eigenvalue weighted by atomic mass is 9.95. The van der Waals surface area contributed by atoms with E-state index < -0.39 is 57.4 Å². The van der Waals surface area contributed by atoms with Crippen molar-refractivity contribution in [2.24, 2.45) is 0 Å². The number of hydrogen-bond acceptors (Lipinski definition) is 7. The zero-order valence-corrected chi connectivity index (χ0v) is 22.3. The first-order valence-corrected chi connectivity index (χ1v) is 13.3. The van der Waals surface area contributed by atoms with Crippen LogP contribution in [-0.4, -0.2) is 55.9 Å². The number of rotatable bonds is 7. The molecule has 202 valence electrons. The number of carbonyl (C=O) groups is 4. The third kappa shape index (κ3) is 4.56. The fraction of sp³-hybridized carbons (Fsp3) is 0.321. The van der Waals surface area contributed by atoms with Crippen LogP contribution in [0.15, 0.2) is 64.0 Å². The molecule has 3 N–H and O–H groups in total. The zero-order chi connectivity index (χ0) is 28.1. The van der Waals surface area contributed by atoms with E-state index in [1.807, 2.05) is 13.0 Å². The predicted octanol–water partition coefficient (Wildman–Crippen LogP) is 2.46. The van der Waals surface area contributed by atoms with E-state index in [9.17, 15) is 29.1 Å². The first-order valence-electron chi connectivity index (χ1n) is 12.5. The zero-order valence-electron chi connectivity index (χ0n) is 21.5. The minimum atomic E-state index is -1.23. The standard InChI is InChI=1S/C28H27N3O7S/c1-4-14-10-11-18-16(12-14)21(32)17(13-38-18)23(33)29-19(15-8-6-5-7-9-15)24(34)30-20-25(35)31-22(27(36)37)28(2,3)39-26(20)31/h5-13,19-20,22,26H,4H2,1-3H3,(H,29,33)(H,30,34)(H,36,37)/t19?,20-,22+,26-/m1/s1. The lowest BCUT2D eigenvalue weighted by Gasteiger charge is -2.44. The van der Waals surface area contributed by atoms with Crippen molar-refractivity contribution in [3.63, 3.8) is 0 Å². The molecule has 0 spiro atoms. The summed E-state index contributed by atoms with van der Waals surface area (Å²) in [5.41, 5.74) is 0.911. The molecule has 2 aliphatic rings. The Morgan fingerprint density at radius 2 is 1.85 bits per heavy atom. The van der Waals surface area contributed by atoms with E-state index in [0.717, 1.165) is 11.8 Å². The van der Waals surface area contributed by atoms with Crippen molar-refractivity contribution in [2.75, 3.05) is 0 Å². The van der Waals surface area contributed by atoms with Crippen LogP contribution in [0.2, 0.25) is 0 Å². The summed E-state index contributed by atoms with van der Waals surface area (Å²) in [6, 6.07) is 10.4. The van der Waals surface area contributed by atoms with Gasteiger partial charge in [0.05, 0.1) is 5.39 Å². The number of β-lactam (4-membered cyclic amide) rings is 1. The van der Waals surface area contributed by atoms with Crippen LogP contribution >= 0.6 is 11.8 Å². The van der Waals surface area contributed by atoms with Crippen molar-refractivity contribution in [1.82, 2.24) is 15.5 Å². The molecule has 2 saturated heterocycles. The number of nitrogens with one attached hydrogen (secondary N) is 2. The highest BCUT2D eigenvalue weighted by molar-refractivity contribution is 8.01. The number of carboxylic acid groups (broad SMARTS) is 1. The van der Waals surface area contributed by atoms with Crippen molar-refractivity contribution in [3.8, 4) is 0 Å². The molecule has 3 amide bonds. The SMILES string of the molecule is CCc1ccc2occ(C(=O)NC(C(=O)N[C@@H]3C(=O)N4[C@@H]3SC(C)(C)[C@@H]4C(=O)O)c3ccccc3)c(=O)c2c1. The summed E-state index contributed by atoms with van der Waals surface area (Å²) >= 11 is 1.30. The topological polar surface area (TPSA) is 146 Å². The number of aryl methyl sites for hydroxylation is 1. The first kappa shape index (κ1) is 26.5. The normalized spacial score (nSPS) is 22.1. The van der Waals surface area contributed by atoms with Crippen LogP contribution < -0.4 is 16.1 Å². The second-order valence-corrected chi connectivity index (χ2v) is 11.8. The predicted molar refractivity (Wildman–Crippen MR) is 144 cm³/mol. The van der Waals surface area contributed by atoms with Gasteiger partial charge in [-0.3, -0.25) is 19.2 Å². The average Bonchev–Trinajstić information content (AvgIpc) is 3.18. The summed E-state index contributed by atoms with van der Waals surface area (Å²) in [6.07, 6.45) is 1.77. The molecule has 1 aromatic heterocycles. The van der Waals surface area contributed by atoms with Gasteiger partial charge < -0.3 is 25.1 Å². The van der Waals surface area contributed by atoms with Crippen molar-refractivity contribution in [3.05, 3.63) is 81.7 Å². The van der Waals surface area contributed by atoms with Crippen molar-refractivity contribution >= 4 is 46.4 Å². The highest BCUT2D eigenvalue weighted by atomic mass is 32.2. The fourth-order valence-corrected chi connectivity index (χ4v) is 6.72. The molecule has 2 aromatic carbocycles. The maximum Gasteiger partial charge on any atom is 0.327 e. The van der Waals surface area contributed by atoms with Crippen LogP contribution in [-0.2, 0) is 20.8 Å². The molecule has 10 nitrogen and oxygen atoms in total. The summed E-state index contributed by atoms with van der Waals surface area (Å²) in [6.45, 7) is 5.43. The maximum absolute atomic E-state index is 13.5. The van der Waals surface area contributed by atoms with Gasteiger partial charge >= 0.3 is 5.97 Å². The lowest BCUT2D eigenvalue weighted by molar-refractivity contribution is -0.161. The fourth-order valence-electron chi connectivity index (χ4n) is 5.09. The largest absolute Gasteiger partial charge is 0.480 e. The molecule has 1 unspecified atom stereocenters. The summed E-state index contributed by atoms with van der Waals surface area (Å²) in [7, 11) is 0. The third-order valence-electron chi connectivity index (χ3n) is 7.13. The second kappa shape index (κ2) is 9.88. The number of thioether (sulfide) groups is 1. The quantitative estimate of drug-likeness (QED) is 0.381. The molecule has 0 aliphatic carbocycles. The second-order valence-electron chi connectivity index (χ2n) is 10.1. The average molecular weight is 550 g/mol. The van der Waals surface area contributed by atoms with E-state index in [-0.39, 0.29) is 10.9 Å². The van der Waals surface area contributed by atoms with Gasteiger partial charge in [0.1, 0.15) is 40.9 Å². The molecule has 3 aromatic rings. The van der Waals surface area contributed by atoms with E-state index in [1.54, 1.807) is 56.3 Å². The van der Waals surface area contributed by atoms with Gasteiger partial charge in [0, 0.05) is 4.75 Å². The number of aliphatic carboxylic acids is 1. The molecular weight excluding hydrogens is 522 g/mol. The first-order chi connectivity index (χ1) is 18.5. The maximum atomic E-state index is 13.5. The molecule has 3 heterocycles. The van der Waals surface area contributed by atoms with E-state index in [1.165, 1.54) is 16.7 Å². The Hall–Kier alpha value is -4.12. The van der Waals surface area contributed by atoms with Crippen molar-refractivity contribution in [2.45, 2.75) is 55.4 Å². The van der Waals surface area contributed by atoms with Gasteiger partial charge in [0.25, 0.3) is 5.91 Å². The van der Waals surface area contributed by atoms with Gasteiger partial charge in [-0.15, -0.1) is 11.8 Å². The number of nitrogens with zero attached hydrogens (tertiary/aromatic N) is 1. The Labute approximate surface area is 227 Å². The number of hydrogen-bond donors (Lipinski definition) is 3. The van der Waals surface area contributed by atoms with Gasteiger partial charge in [-0.05, 0) is 43.5 Å². The lowest BCUT2D eigenvalue weighted by Crippen LogP contribution is -2.71. The molecule has 0 bridgehead atoms. The van der Waals surface area contributed by atoms with Crippen molar-refractivity contribution < 1.29 is 28.7 Å². The molecule has 2 fully saturated rings. The minimum Gasteiger partial charge on any atom is -0.480 e. The van der Waals surface area contributed by atoms with Crippen LogP contribution in [0.25, 0.3) is 11.0 Å². The summed E-state index contributed by atoms with van der Waals surface area (Å²) in [5, 5.41) is 14.7. The molecule has 4 atom stereocenters. The highest BCUT2D eigenvalue weighted by Crippen LogP contribution is 2.50. The molecule has 5 rings (SSSR count). The van der Waals surface area contributed by atoms with Gasteiger partial charge in [0.2, 0.25) is 17.2 Å². The Kier molecular flexibility index (Phi) is 6.71. The van der Waals surface area contributed by atoms with Crippen LogP contribution in [0, 0.1) is 0 Å². The van der Waals surface area contributed by atoms with Gasteiger partial charge in [-0.2, -0.15) is 0 Å². The van der Waals surface area contributed by atoms with Gasteiger partial charge in [0.15, 0.2) is 0 Å². The number of amides is 3. The number of benzene rings is 2. The summed E-state index contributed by atoms with van der Waals surface area (Å²) in [4.78, 5) is 65.9. The summed E-state index contributed by atoms with van der Waals surface area (Å²) < 4.78 is 4.78. The van der Waals surface area contributed by atoms with Crippen LogP contribution in [0.5, 0.6) is 0 Å². The minimum absolute atomic E-state index is 0.257. The number of fused-ring (bicyclic) bond motifs is 2. The van der Waals surface area contributed by atoms with Crippen LogP contribution in [0.1, 0.15) is 48.3 Å². The summed E-state index contributed by atoms with van der Waals surface area (Å²) in [5.74, 6) is -3.08. The third-order valence-corrected chi connectivity index (χ3v) is 8.70. The monoisotopic (exact) mass is 549 g/mol. The number of carbonyl (C=O) groups excluding carboxylic acids is 3. The van der Waals surface area contributed by atoms with Crippen LogP contribution in [0.4, 0.5) is 0 Å². The van der Waals surface area contributed by atoms with E-state index in [4.69, 9.17) is 4.42 Å². The van der Waals surface area contributed by atoms with Crippen LogP contribution in [0.3, 0.4) is 0 Å². The highest BCUT2D eigenvalue weighted by Gasteiger charge is 2.64. The van der Waals surface area contributed by atoms with E-state index >= 15 is 0 Å². The molecule has 2 aliphatic heterocycles. The Bertz CT molecular complexity index is 1550. The molecule has 0 saturated carbocycles. The Morgan fingerprint density at radius 3 is 2.51 bits per heavy atom. The van der Waals surface area contributed by atoms with Gasteiger partial charge in [-0.1, -0.05) is 43.3 Å². The number of carboxylic acids is 1. The molecular formula is C28H27N3O7S. The van der Waals surface area contributed by atoms with E-state index in [0.29, 0.717) is 17.6 Å². The molecule has 39 heavy (non-hydrogen) atoms. The molecule has 0 radical (unpaired) electrons. The smallest absolute Gasteiger partial charge is 0.327 e. The Morgan fingerprint density at radius 1 is 1.13 bits per heavy atom. The van der Waals surface area contributed by atoms with Crippen molar-refractivity contribution in [1.29, 1.82) is 0 Å². The molecule has 11 heteroatoms.